The standard InChI is InChI=1S/C16H19NO2S/c1-3-15(19-4-2)14(18)10-16-17-13(11-20-16)12-8-6-5-7-9-12/h5-9,11,15H,3-4,10H2,1-2H3. The summed E-state index contributed by atoms with van der Waals surface area (Å²) in [6, 6.07) is 10.0. The smallest absolute Gasteiger partial charge is 0.168 e. The Morgan fingerprint density at radius 1 is 1.30 bits per heavy atom. The molecule has 0 aliphatic carbocycles. The zero-order valence-electron chi connectivity index (χ0n) is 11.8. The van der Waals surface area contributed by atoms with E-state index in [2.05, 4.69) is 4.98 Å². The van der Waals surface area contributed by atoms with E-state index in [-0.39, 0.29) is 11.9 Å². The van der Waals surface area contributed by atoms with Gasteiger partial charge in [-0.05, 0) is 13.3 Å². The highest BCUT2D eigenvalue weighted by molar-refractivity contribution is 7.10. The Labute approximate surface area is 123 Å². The number of Topliss-reactive ketones (excluding diaryl/α,β-unsaturated/α-hetero) is 1. The number of ketones is 1. The lowest BCUT2D eigenvalue weighted by Crippen LogP contribution is -2.25. The molecular formula is C16H19NO2S. The summed E-state index contributed by atoms with van der Waals surface area (Å²) in [6.45, 7) is 4.44. The predicted octanol–water partition coefficient (Wildman–Crippen LogP) is 3.74. The third-order valence-electron chi connectivity index (χ3n) is 3.04. The van der Waals surface area contributed by atoms with E-state index in [9.17, 15) is 4.79 Å². The molecule has 4 heteroatoms. The first-order valence-corrected chi connectivity index (χ1v) is 7.76. The van der Waals surface area contributed by atoms with Gasteiger partial charge in [0.2, 0.25) is 0 Å². The summed E-state index contributed by atoms with van der Waals surface area (Å²) < 4.78 is 5.44. The first kappa shape index (κ1) is 14.9. The summed E-state index contributed by atoms with van der Waals surface area (Å²) in [5.74, 6) is 0.114. The van der Waals surface area contributed by atoms with Crippen LogP contribution in [0.5, 0.6) is 0 Å². The van der Waals surface area contributed by atoms with Crippen LogP contribution in [0.2, 0.25) is 0 Å². The minimum Gasteiger partial charge on any atom is -0.371 e. The van der Waals surface area contributed by atoms with Crippen molar-refractivity contribution < 1.29 is 9.53 Å². The molecule has 0 N–H and O–H groups in total. The van der Waals surface area contributed by atoms with Crippen LogP contribution in [0.3, 0.4) is 0 Å². The van der Waals surface area contributed by atoms with E-state index in [0.29, 0.717) is 19.4 Å². The van der Waals surface area contributed by atoms with Gasteiger partial charge in [0, 0.05) is 17.6 Å². The second-order valence-electron chi connectivity index (χ2n) is 4.49. The van der Waals surface area contributed by atoms with E-state index in [1.165, 1.54) is 11.3 Å². The number of carbonyl (C=O) groups excluding carboxylic acids is 1. The van der Waals surface area contributed by atoms with E-state index < -0.39 is 0 Å². The van der Waals surface area contributed by atoms with Gasteiger partial charge in [-0.2, -0.15) is 0 Å². The molecule has 1 unspecified atom stereocenters. The third kappa shape index (κ3) is 3.74. The Bertz CT molecular complexity index is 551. The van der Waals surface area contributed by atoms with Crippen LogP contribution < -0.4 is 0 Å². The van der Waals surface area contributed by atoms with Crippen LogP contribution in [-0.2, 0) is 16.0 Å². The molecule has 0 aliphatic heterocycles. The number of ether oxygens (including phenoxy) is 1. The summed E-state index contributed by atoms with van der Waals surface area (Å²) >= 11 is 1.53. The van der Waals surface area contributed by atoms with E-state index in [4.69, 9.17) is 4.74 Å². The van der Waals surface area contributed by atoms with Gasteiger partial charge in [0.1, 0.15) is 11.1 Å². The molecule has 0 radical (unpaired) electrons. The van der Waals surface area contributed by atoms with Gasteiger partial charge in [0.05, 0.1) is 12.1 Å². The zero-order valence-corrected chi connectivity index (χ0v) is 12.7. The first-order chi connectivity index (χ1) is 9.74. The lowest BCUT2D eigenvalue weighted by molar-refractivity contribution is -0.129. The second-order valence-corrected chi connectivity index (χ2v) is 5.43. The first-order valence-electron chi connectivity index (χ1n) is 6.88. The molecule has 2 aromatic rings. The number of benzene rings is 1. The molecule has 1 heterocycles. The van der Waals surface area contributed by atoms with Crippen molar-refractivity contribution in [1.82, 2.24) is 4.98 Å². The van der Waals surface area contributed by atoms with E-state index >= 15 is 0 Å². The molecule has 1 aromatic carbocycles. The minimum atomic E-state index is -0.302. The number of aromatic nitrogens is 1. The molecule has 0 bridgehead atoms. The molecule has 0 saturated heterocycles. The van der Waals surface area contributed by atoms with Gasteiger partial charge in [-0.1, -0.05) is 37.3 Å². The monoisotopic (exact) mass is 289 g/mol. The lowest BCUT2D eigenvalue weighted by atomic mass is 10.1. The second kappa shape index (κ2) is 7.31. The van der Waals surface area contributed by atoms with Crippen molar-refractivity contribution >= 4 is 17.1 Å². The van der Waals surface area contributed by atoms with Gasteiger partial charge in [-0.3, -0.25) is 4.79 Å². The van der Waals surface area contributed by atoms with Crippen LogP contribution in [0.15, 0.2) is 35.7 Å². The maximum Gasteiger partial charge on any atom is 0.168 e. The quantitative estimate of drug-likeness (QED) is 0.779. The van der Waals surface area contributed by atoms with Crippen molar-refractivity contribution in [1.29, 1.82) is 0 Å². The highest BCUT2D eigenvalue weighted by Crippen LogP contribution is 2.22. The van der Waals surface area contributed by atoms with Crippen molar-refractivity contribution in [3.63, 3.8) is 0 Å². The number of hydrogen-bond acceptors (Lipinski definition) is 4. The summed E-state index contributed by atoms with van der Waals surface area (Å²) in [6.07, 6.45) is 0.767. The van der Waals surface area contributed by atoms with Crippen molar-refractivity contribution in [3.8, 4) is 11.3 Å². The van der Waals surface area contributed by atoms with Gasteiger partial charge in [0.25, 0.3) is 0 Å². The predicted molar refractivity (Wildman–Crippen MR) is 82.0 cm³/mol. The molecule has 0 fully saturated rings. The Morgan fingerprint density at radius 3 is 2.70 bits per heavy atom. The molecule has 3 nitrogen and oxygen atoms in total. The number of rotatable bonds is 7. The highest BCUT2D eigenvalue weighted by Gasteiger charge is 2.18. The fraction of sp³-hybridized carbons (Fsp3) is 0.375. The Hall–Kier alpha value is -1.52. The van der Waals surface area contributed by atoms with E-state index in [0.717, 1.165) is 16.3 Å². The molecule has 0 aliphatic rings. The van der Waals surface area contributed by atoms with Gasteiger partial charge in [0.15, 0.2) is 5.78 Å². The van der Waals surface area contributed by atoms with Crippen LogP contribution in [-0.4, -0.2) is 23.5 Å². The molecule has 0 spiro atoms. The van der Waals surface area contributed by atoms with Crippen molar-refractivity contribution in [2.45, 2.75) is 32.8 Å². The summed E-state index contributed by atoms with van der Waals surface area (Å²) in [7, 11) is 0. The maximum atomic E-state index is 12.1. The van der Waals surface area contributed by atoms with Gasteiger partial charge >= 0.3 is 0 Å². The Morgan fingerprint density at radius 2 is 2.05 bits per heavy atom. The molecule has 0 saturated carbocycles. The Balaban J connectivity index is 2.04. The number of nitrogens with zero attached hydrogens (tertiary/aromatic N) is 1. The van der Waals surface area contributed by atoms with Gasteiger partial charge in [-0.25, -0.2) is 4.98 Å². The summed E-state index contributed by atoms with van der Waals surface area (Å²) in [5, 5.41) is 2.85. The largest absolute Gasteiger partial charge is 0.371 e. The molecular weight excluding hydrogens is 270 g/mol. The van der Waals surface area contributed by atoms with Crippen LogP contribution in [0.4, 0.5) is 0 Å². The molecule has 20 heavy (non-hydrogen) atoms. The van der Waals surface area contributed by atoms with Crippen LogP contribution in [0, 0.1) is 0 Å². The summed E-state index contributed by atoms with van der Waals surface area (Å²) in [5.41, 5.74) is 2.02. The summed E-state index contributed by atoms with van der Waals surface area (Å²) in [4.78, 5) is 16.7. The molecule has 1 atom stereocenters. The fourth-order valence-electron chi connectivity index (χ4n) is 2.04. The molecule has 1 aromatic heterocycles. The minimum absolute atomic E-state index is 0.114. The number of thiazole rings is 1. The van der Waals surface area contributed by atoms with E-state index in [1.807, 2.05) is 49.6 Å². The SMILES string of the molecule is CCOC(CC)C(=O)Cc1nc(-c2ccccc2)cs1. The van der Waals surface area contributed by atoms with Crippen LogP contribution in [0.1, 0.15) is 25.3 Å². The van der Waals surface area contributed by atoms with Crippen molar-refractivity contribution in [3.05, 3.63) is 40.7 Å². The highest BCUT2D eigenvalue weighted by atomic mass is 32.1. The fourth-order valence-corrected chi connectivity index (χ4v) is 2.85. The van der Waals surface area contributed by atoms with Gasteiger partial charge < -0.3 is 4.74 Å². The Kier molecular flexibility index (Phi) is 5.44. The number of hydrogen-bond donors (Lipinski definition) is 0. The lowest BCUT2D eigenvalue weighted by Gasteiger charge is -2.12. The van der Waals surface area contributed by atoms with Crippen molar-refractivity contribution in [2.24, 2.45) is 0 Å². The maximum absolute atomic E-state index is 12.1. The van der Waals surface area contributed by atoms with Crippen LogP contribution >= 0.6 is 11.3 Å². The normalized spacial score (nSPS) is 12.3. The number of carbonyl (C=O) groups is 1. The molecule has 0 amide bonds. The topological polar surface area (TPSA) is 39.2 Å². The average molecular weight is 289 g/mol. The molecule has 2 rings (SSSR count). The van der Waals surface area contributed by atoms with Gasteiger partial charge in [-0.15, -0.1) is 11.3 Å². The zero-order chi connectivity index (χ0) is 14.4. The van der Waals surface area contributed by atoms with Crippen molar-refractivity contribution in [2.75, 3.05) is 6.61 Å². The average Bonchev–Trinajstić information content (AvgIpc) is 2.94. The molecule has 106 valence electrons. The third-order valence-corrected chi connectivity index (χ3v) is 3.89. The van der Waals surface area contributed by atoms with E-state index in [1.54, 1.807) is 0 Å². The van der Waals surface area contributed by atoms with Crippen LogP contribution in [0.25, 0.3) is 11.3 Å².